The quantitative estimate of drug-likeness (QED) is 0.812. The molecule has 90 valence electrons. The summed E-state index contributed by atoms with van der Waals surface area (Å²) >= 11 is 0. The zero-order valence-corrected chi connectivity index (χ0v) is 9.98. The van der Waals surface area contributed by atoms with Crippen LogP contribution in [0.25, 0.3) is 0 Å². The summed E-state index contributed by atoms with van der Waals surface area (Å²) in [5, 5.41) is 0. The van der Waals surface area contributed by atoms with Gasteiger partial charge in [-0.1, -0.05) is 6.92 Å². The largest absolute Gasteiger partial charge is 0.332 e. The summed E-state index contributed by atoms with van der Waals surface area (Å²) in [5.41, 5.74) is 0. The number of nitrogens with one attached hydrogen (secondary N) is 1. The van der Waals surface area contributed by atoms with Crippen molar-refractivity contribution < 1.29 is 20.7 Å². The van der Waals surface area contributed by atoms with E-state index in [1.807, 2.05) is 0 Å². The number of rotatable bonds is 4. The van der Waals surface area contributed by atoms with Gasteiger partial charge in [-0.2, -0.15) is 8.42 Å². The van der Waals surface area contributed by atoms with Gasteiger partial charge < -0.3 is 0 Å². The molecule has 1 aromatic rings. The Morgan fingerprint density at radius 3 is 1.88 bits per heavy atom. The third kappa shape index (κ3) is 3.00. The van der Waals surface area contributed by atoms with Crippen molar-refractivity contribution in [1.29, 1.82) is 0 Å². The monoisotopic (exact) mass is 267 g/mol. The molecular formula is C8H10FNO4S2. The van der Waals surface area contributed by atoms with Crippen LogP contribution in [-0.2, 0) is 20.2 Å². The SMILES string of the molecule is CCNS(=O)(=O)c1ccc(S(=O)(=O)F)cc1. The molecule has 0 saturated heterocycles. The van der Waals surface area contributed by atoms with Crippen LogP contribution < -0.4 is 4.72 Å². The van der Waals surface area contributed by atoms with E-state index in [4.69, 9.17) is 0 Å². The van der Waals surface area contributed by atoms with Crippen LogP contribution in [0, 0.1) is 0 Å². The molecule has 0 atom stereocenters. The molecule has 0 bridgehead atoms. The Labute approximate surface area is 93.6 Å². The second kappa shape index (κ2) is 4.48. The molecule has 0 unspecified atom stereocenters. The minimum absolute atomic E-state index is 0.109. The third-order valence-corrected chi connectivity index (χ3v) is 4.15. The van der Waals surface area contributed by atoms with Crippen molar-refractivity contribution in [3.05, 3.63) is 24.3 Å². The summed E-state index contributed by atoms with van der Waals surface area (Å²) in [6, 6.07) is 3.87. The maximum atomic E-state index is 12.5. The molecule has 0 amide bonds. The van der Waals surface area contributed by atoms with Gasteiger partial charge in [0.1, 0.15) is 0 Å². The van der Waals surface area contributed by atoms with Gasteiger partial charge in [-0.25, -0.2) is 13.1 Å². The van der Waals surface area contributed by atoms with E-state index < -0.39 is 25.1 Å². The molecule has 0 saturated carbocycles. The first kappa shape index (κ1) is 13.1. The summed E-state index contributed by atoms with van der Waals surface area (Å²) in [6.07, 6.45) is 0. The van der Waals surface area contributed by atoms with E-state index in [1.165, 1.54) is 0 Å². The van der Waals surface area contributed by atoms with E-state index in [0.717, 1.165) is 24.3 Å². The first-order valence-corrected chi connectivity index (χ1v) is 7.18. The van der Waals surface area contributed by atoms with E-state index in [9.17, 15) is 20.7 Å². The standard InChI is InChI=1S/C8H10FNO4S2/c1-2-10-16(13,14)8-5-3-7(4-6-8)15(9,11)12/h3-6,10H,2H2,1H3. The molecule has 8 heteroatoms. The minimum atomic E-state index is -4.79. The molecule has 1 rings (SSSR count). The number of benzene rings is 1. The van der Waals surface area contributed by atoms with Crippen LogP contribution in [0.5, 0.6) is 0 Å². The molecule has 0 aliphatic heterocycles. The first-order chi connectivity index (χ1) is 7.27. The molecule has 16 heavy (non-hydrogen) atoms. The Morgan fingerprint density at radius 1 is 1.06 bits per heavy atom. The normalized spacial score (nSPS) is 12.6. The predicted octanol–water partition coefficient (Wildman–Crippen LogP) is 0.643. The lowest BCUT2D eigenvalue weighted by Gasteiger charge is -2.04. The Bertz CT molecular complexity index is 563. The molecule has 0 aliphatic carbocycles. The van der Waals surface area contributed by atoms with Gasteiger partial charge in [-0.15, -0.1) is 3.89 Å². The maximum Gasteiger partial charge on any atom is 0.332 e. The smallest absolute Gasteiger partial charge is 0.211 e. The predicted molar refractivity (Wildman–Crippen MR) is 55.6 cm³/mol. The van der Waals surface area contributed by atoms with Gasteiger partial charge in [0.25, 0.3) is 0 Å². The van der Waals surface area contributed by atoms with E-state index in [1.54, 1.807) is 6.92 Å². The molecule has 0 radical (unpaired) electrons. The Morgan fingerprint density at radius 2 is 1.50 bits per heavy atom. The van der Waals surface area contributed by atoms with E-state index in [2.05, 4.69) is 4.72 Å². The van der Waals surface area contributed by atoms with Gasteiger partial charge in [-0.05, 0) is 24.3 Å². The summed E-state index contributed by atoms with van der Waals surface area (Å²) in [4.78, 5) is -0.676. The zero-order valence-electron chi connectivity index (χ0n) is 8.34. The van der Waals surface area contributed by atoms with Gasteiger partial charge in [0.15, 0.2) is 0 Å². The lowest BCUT2D eigenvalue weighted by Crippen LogP contribution is -2.23. The molecule has 0 heterocycles. The highest BCUT2D eigenvalue weighted by atomic mass is 32.3. The Kier molecular flexibility index (Phi) is 3.66. The van der Waals surface area contributed by atoms with Crippen LogP contribution in [0.2, 0.25) is 0 Å². The van der Waals surface area contributed by atoms with Crippen molar-refractivity contribution in [2.75, 3.05) is 6.54 Å². The fourth-order valence-electron chi connectivity index (χ4n) is 1.05. The summed E-state index contributed by atoms with van der Waals surface area (Å²) in [5.74, 6) is 0. The highest BCUT2D eigenvalue weighted by Gasteiger charge is 2.15. The molecule has 1 N–H and O–H groups in total. The van der Waals surface area contributed by atoms with Crippen molar-refractivity contribution in [3.63, 3.8) is 0 Å². The highest BCUT2D eigenvalue weighted by Crippen LogP contribution is 2.15. The van der Waals surface area contributed by atoms with Crippen molar-refractivity contribution >= 4 is 20.2 Å². The zero-order chi connectivity index (χ0) is 12.4. The average molecular weight is 267 g/mol. The summed E-state index contributed by atoms with van der Waals surface area (Å²) < 4.78 is 58.6. The second-order valence-corrected chi connectivity index (χ2v) is 6.02. The molecule has 0 spiro atoms. The molecule has 1 aromatic carbocycles. The fraction of sp³-hybridized carbons (Fsp3) is 0.250. The Balaban J connectivity index is 3.15. The van der Waals surface area contributed by atoms with Crippen LogP contribution in [0.1, 0.15) is 6.92 Å². The molecule has 0 fully saturated rings. The topological polar surface area (TPSA) is 80.3 Å². The van der Waals surface area contributed by atoms with Crippen LogP contribution in [0.4, 0.5) is 3.89 Å². The van der Waals surface area contributed by atoms with Crippen molar-refractivity contribution in [3.8, 4) is 0 Å². The van der Waals surface area contributed by atoms with Gasteiger partial charge >= 0.3 is 10.2 Å². The second-order valence-electron chi connectivity index (χ2n) is 2.91. The highest BCUT2D eigenvalue weighted by molar-refractivity contribution is 7.89. The molecule has 0 aromatic heterocycles. The summed E-state index contributed by atoms with van der Waals surface area (Å²) in [6.45, 7) is 1.82. The van der Waals surface area contributed by atoms with Crippen LogP contribution in [-0.4, -0.2) is 23.4 Å². The number of halogens is 1. The maximum absolute atomic E-state index is 12.5. The first-order valence-electron chi connectivity index (χ1n) is 4.32. The lowest BCUT2D eigenvalue weighted by molar-refractivity contribution is 0.551. The van der Waals surface area contributed by atoms with Crippen LogP contribution in [0.3, 0.4) is 0 Å². The van der Waals surface area contributed by atoms with Gasteiger partial charge in [0.05, 0.1) is 9.79 Å². The third-order valence-electron chi connectivity index (χ3n) is 1.75. The van der Waals surface area contributed by atoms with Crippen molar-refractivity contribution in [2.45, 2.75) is 16.7 Å². The molecule has 0 aliphatic rings. The number of sulfonamides is 1. The fourth-order valence-corrected chi connectivity index (χ4v) is 2.56. The average Bonchev–Trinajstić information content (AvgIpc) is 2.16. The lowest BCUT2D eigenvalue weighted by atomic mass is 10.4. The summed E-state index contributed by atoms with van der Waals surface area (Å²) in [7, 11) is -8.43. The van der Waals surface area contributed by atoms with E-state index >= 15 is 0 Å². The number of hydrogen-bond donors (Lipinski definition) is 1. The molecular weight excluding hydrogens is 257 g/mol. The number of hydrogen-bond acceptors (Lipinski definition) is 4. The van der Waals surface area contributed by atoms with Crippen molar-refractivity contribution in [1.82, 2.24) is 4.72 Å². The van der Waals surface area contributed by atoms with Crippen molar-refractivity contribution in [2.24, 2.45) is 0 Å². The van der Waals surface area contributed by atoms with Gasteiger partial charge in [-0.3, -0.25) is 0 Å². The van der Waals surface area contributed by atoms with Gasteiger partial charge in [0.2, 0.25) is 10.0 Å². The van der Waals surface area contributed by atoms with Gasteiger partial charge in [0, 0.05) is 6.54 Å². The van der Waals surface area contributed by atoms with Crippen LogP contribution in [0.15, 0.2) is 34.1 Å². The Hall–Kier alpha value is -0.990. The minimum Gasteiger partial charge on any atom is -0.211 e. The molecule has 5 nitrogen and oxygen atoms in total. The van der Waals surface area contributed by atoms with Crippen LogP contribution >= 0.6 is 0 Å². The van der Waals surface area contributed by atoms with E-state index in [0.29, 0.717) is 0 Å². The van der Waals surface area contributed by atoms with E-state index in [-0.39, 0.29) is 11.4 Å².